The molecule has 0 aromatic carbocycles. The van der Waals surface area contributed by atoms with Crippen LogP contribution in [0.3, 0.4) is 0 Å². The number of rotatable bonds is 10. The van der Waals surface area contributed by atoms with Gasteiger partial charge in [0.2, 0.25) is 11.8 Å². The number of carbonyl (C=O) groups is 4. The Morgan fingerprint density at radius 3 is 1.96 bits per heavy atom. The Hall–Kier alpha value is -2.20. The summed E-state index contributed by atoms with van der Waals surface area (Å²) in [7, 11) is 0. The summed E-state index contributed by atoms with van der Waals surface area (Å²) in [5.41, 5.74) is 5.70. The van der Waals surface area contributed by atoms with Crippen LogP contribution in [0, 0.1) is 5.92 Å². The van der Waals surface area contributed by atoms with E-state index in [2.05, 4.69) is 5.32 Å². The van der Waals surface area contributed by atoms with Gasteiger partial charge in [0.05, 0.1) is 19.1 Å². The maximum absolute atomic E-state index is 12.0. The van der Waals surface area contributed by atoms with Crippen LogP contribution in [0.15, 0.2) is 0 Å². The van der Waals surface area contributed by atoms with E-state index >= 15 is 0 Å². The number of nitrogens with one attached hydrogen (secondary N) is 2. The van der Waals surface area contributed by atoms with Crippen LogP contribution in [0.4, 0.5) is 0 Å². The number of hydrogen-bond donors (Lipinski definition) is 6. The van der Waals surface area contributed by atoms with E-state index in [4.69, 9.17) is 21.1 Å². The lowest BCUT2D eigenvalue weighted by Crippen LogP contribution is -2.56. The van der Waals surface area contributed by atoms with Crippen LogP contribution in [0.2, 0.25) is 0 Å². The summed E-state index contributed by atoms with van der Waals surface area (Å²) >= 11 is 0. The van der Waals surface area contributed by atoms with E-state index in [-0.39, 0.29) is 5.92 Å². The first kappa shape index (κ1) is 20.8. The Balaban J connectivity index is 5.00. The van der Waals surface area contributed by atoms with Crippen molar-refractivity contribution in [2.75, 3.05) is 6.61 Å². The maximum Gasteiger partial charge on any atom is 0.328 e. The molecule has 23 heavy (non-hydrogen) atoms. The van der Waals surface area contributed by atoms with Gasteiger partial charge in [-0.2, -0.15) is 0 Å². The zero-order valence-corrected chi connectivity index (χ0v) is 13.0. The molecule has 0 rings (SSSR count). The van der Waals surface area contributed by atoms with Crippen LogP contribution in [-0.2, 0) is 19.2 Å². The quantitative estimate of drug-likeness (QED) is 0.262. The van der Waals surface area contributed by atoms with E-state index in [1.807, 2.05) is 12.2 Å². The van der Waals surface area contributed by atoms with Gasteiger partial charge in [-0.25, -0.2) is 4.79 Å². The van der Waals surface area contributed by atoms with Gasteiger partial charge in [0, 0.05) is 0 Å². The van der Waals surface area contributed by atoms with E-state index < -0.39 is 54.9 Å². The van der Waals surface area contributed by atoms with E-state index in [0.717, 1.165) is 0 Å². The molecular weight excluding hydrogens is 310 g/mol. The lowest BCUT2D eigenvalue weighted by Gasteiger charge is -2.23. The molecular formula is C13H23N3O7. The summed E-state index contributed by atoms with van der Waals surface area (Å²) in [4.78, 5) is 45.5. The number of carboxylic acids is 2. The Kier molecular flexibility index (Phi) is 8.81. The third kappa shape index (κ3) is 7.06. The van der Waals surface area contributed by atoms with Crippen molar-refractivity contribution in [1.82, 2.24) is 10.6 Å². The zero-order chi connectivity index (χ0) is 18.2. The molecule has 0 bridgehead atoms. The first-order chi connectivity index (χ1) is 10.6. The van der Waals surface area contributed by atoms with Crippen LogP contribution < -0.4 is 16.4 Å². The third-order valence-electron chi connectivity index (χ3n) is 3.37. The number of carboxylic acid groups (broad SMARTS) is 2. The second-order valence-electron chi connectivity index (χ2n) is 5.15. The van der Waals surface area contributed by atoms with Crippen molar-refractivity contribution < 1.29 is 34.5 Å². The first-order valence-electron chi connectivity index (χ1n) is 7.05. The minimum Gasteiger partial charge on any atom is -0.481 e. The van der Waals surface area contributed by atoms with Crippen molar-refractivity contribution in [3.8, 4) is 0 Å². The highest BCUT2D eigenvalue weighted by Gasteiger charge is 2.30. The third-order valence-corrected chi connectivity index (χ3v) is 3.37. The molecule has 0 spiro atoms. The van der Waals surface area contributed by atoms with E-state index in [1.165, 1.54) is 0 Å². The maximum atomic E-state index is 12.0. The molecule has 0 saturated carbocycles. The molecule has 0 radical (unpaired) electrons. The van der Waals surface area contributed by atoms with Gasteiger partial charge in [0.25, 0.3) is 0 Å². The Morgan fingerprint density at radius 1 is 1.04 bits per heavy atom. The molecule has 0 aliphatic carbocycles. The van der Waals surface area contributed by atoms with Gasteiger partial charge >= 0.3 is 11.9 Å². The standard InChI is InChI=1S/C13H23N3O7/c1-3-6(2)10(14)12(21)15-7(4-9(18)19)11(20)16-8(5-17)13(22)23/h6-8,10,17H,3-5,14H2,1-2H3,(H,15,21)(H,16,20)(H,18,19)(H,22,23)/t6-,7-,8-,10-/m0/s1. The minimum atomic E-state index is -1.60. The van der Waals surface area contributed by atoms with Gasteiger partial charge in [0.15, 0.2) is 0 Å². The largest absolute Gasteiger partial charge is 0.481 e. The number of nitrogens with two attached hydrogens (primary N) is 1. The van der Waals surface area contributed by atoms with Crippen molar-refractivity contribution in [2.45, 2.75) is 44.8 Å². The summed E-state index contributed by atoms with van der Waals surface area (Å²) in [6.45, 7) is 2.67. The lowest BCUT2D eigenvalue weighted by molar-refractivity contribution is -0.144. The highest BCUT2D eigenvalue weighted by atomic mass is 16.4. The summed E-state index contributed by atoms with van der Waals surface area (Å²) in [6.07, 6.45) is -0.140. The summed E-state index contributed by atoms with van der Waals surface area (Å²) in [6, 6.07) is -4.03. The SMILES string of the molecule is CC[C@H](C)[C@H](N)C(=O)N[C@@H](CC(=O)O)C(=O)N[C@@H](CO)C(=O)O. The molecule has 10 heteroatoms. The average molecular weight is 333 g/mol. The van der Waals surface area contributed by atoms with Crippen LogP contribution in [0.5, 0.6) is 0 Å². The van der Waals surface area contributed by atoms with E-state index in [1.54, 1.807) is 6.92 Å². The van der Waals surface area contributed by atoms with E-state index in [9.17, 15) is 19.2 Å². The number of carbonyl (C=O) groups excluding carboxylic acids is 2. The number of aliphatic hydroxyl groups excluding tert-OH is 1. The molecule has 0 aliphatic heterocycles. The average Bonchev–Trinajstić information content (AvgIpc) is 2.48. The van der Waals surface area contributed by atoms with Gasteiger partial charge in [-0.3, -0.25) is 14.4 Å². The molecule has 0 aliphatic rings. The number of aliphatic hydroxyl groups is 1. The second kappa shape index (κ2) is 9.74. The molecule has 2 amide bonds. The highest BCUT2D eigenvalue weighted by Crippen LogP contribution is 2.06. The smallest absolute Gasteiger partial charge is 0.328 e. The zero-order valence-electron chi connectivity index (χ0n) is 13.0. The van der Waals surface area contributed by atoms with Crippen LogP contribution in [0.25, 0.3) is 0 Å². The Labute approximate surface area is 133 Å². The highest BCUT2D eigenvalue weighted by molar-refractivity contribution is 5.94. The van der Waals surface area contributed by atoms with Gasteiger partial charge < -0.3 is 31.7 Å². The molecule has 10 nitrogen and oxygen atoms in total. The molecule has 0 heterocycles. The molecule has 7 N–H and O–H groups in total. The Morgan fingerprint density at radius 2 is 1.57 bits per heavy atom. The van der Waals surface area contributed by atoms with Crippen molar-refractivity contribution in [2.24, 2.45) is 11.7 Å². The lowest BCUT2D eigenvalue weighted by atomic mass is 9.99. The van der Waals surface area contributed by atoms with Gasteiger partial charge in [0.1, 0.15) is 12.1 Å². The molecule has 132 valence electrons. The van der Waals surface area contributed by atoms with Crippen molar-refractivity contribution in [3.63, 3.8) is 0 Å². The normalized spacial score (nSPS) is 15.8. The second-order valence-corrected chi connectivity index (χ2v) is 5.15. The van der Waals surface area contributed by atoms with Crippen molar-refractivity contribution >= 4 is 23.8 Å². The predicted octanol–water partition coefficient (Wildman–Crippen LogP) is -2.12. The van der Waals surface area contributed by atoms with Crippen LogP contribution >= 0.6 is 0 Å². The molecule has 0 saturated heterocycles. The summed E-state index contributed by atoms with van der Waals surface area (Å²) < 4.78 is 0. The molecule has 0 fully saturated rings. The van der Waals surface area contributed by atoms with Crippen molar-refractivity contribution in [1.29, 1.82) is 0 Å². The molecule has 0 aromatic heterocycles. The minimum absolute atomic E-state index is 0.187. The number of aliphatic carboxylic acids is 2. The van der Waals surface area contributed by atoms with Gasteiger partial charge in [-0.1, -0.05) is 20.3 Å². The monoisotopic (exact) mass is 333 g/mol. The molecule has 0 unspecified atom stereocenters. The molecule has 4 atom stereocenters. The van der Waals surface area contributed by atoms with Gasteiger partial charge in [-0.15, -0.1) is 0 Å². The topological polar surface area (TPSA) is 179 Å². The number of amides is 2. The summed E-state index contributed by atoms with van der Waals surface area (Å²) in [5.74, 6) is -4.78. The Bertz CT molecular complexity index is 455. The fraction of sp³-hybridized carbons (Fsp3) is 0.692. The molecule has 0 aromatic rings. The fourth-order valence-corrected chi connectivity index (χ4v) is 1.62. The number of hydrogen-bond acceptors (Lipinski definition) is 6. The summed E-state index contributed by atoms with van der Waals surface area (Å²) in [5, 5.41) is 30.6. The first-order valence-corrected chi connectivity index (χ1v) is 7.05. The van der Waals surface area contributed by atoms with Gasteiger partial charge in [-0.05, 0) is 5.92 Å². The fourth-order valence-electron chi connectivity index (χ4n) is 1.62. The van der Waals surface area contributed by atoms with E-state index in [0.29, 0.717) is 6.42 Å². The van der Waals surface area contributed by atoms with Crippen LogP contribution in [0.1, 0.15) is 26.7 Å². The predicted molar refractivity (Wildman–Crippen MR) is 78.3 cm³/mol. The van der Waals surface area contributed by atoms with Crippen LogP contribution in [-0.4, -0.2) is 63.8 Å². The van der Waals surface area contributed by atoms with Crippen molar-refractivity contribution in [3.05, 3.63) is 0 Å².